The minimum Gasteiger partial charge on any atom is -0.370 e. The number of aromatic amines is 1. The second-order valence-electron chi connectivity index (χ2n) is 31.5. The molecule has 0 aliphatic carbocycles. The summed E-state index contributed by atoms with van der Waals surface area (Å²) >= 11 is 1.54. The second-order valence-corrected chi connectivity index (χ2v) is 32.4. The van der Waals surface area contributed by atoms with Crippen molar-refractivity contribution in [3.63, 3.8) is 0 Å². The molecule has 0 unspecified atom stereocenters. The van der Waals surface area contributed by atoms with Crippen molar-refractivity contribution in [2.75, 3.05) is 64.4 Å². The number of likely N-dealkylation sites (tertiary alicyclic amines) is 2. The molecule has 0 radical (unpaired) electrons. The van der Waals surface area contributed by atoms with E-state index in [1.165, 1.54) is 48.3 Å². The number of nitrogens with zero attached hydrogens (tertiary/aromatic N) is 4. The summed E-state index contributed by atoms with van der Waals surface area (Å²) < 4.78 is 0. The quantitative estimate of drug-likeness (QED) is 0.0131. The van der Waals surface area contributed by atoms with Crippen LogP contribution in [0.3, 0.4) is 0 Å². The lowest BCUT2D eigenvalue weighted by molar-refractivity contribution is -0.143. The number of guanidine groups is 1. The van der Waals surface area contributed by atoms with Crippen molar-refractivity contribution in [1.29, 1.82) is 0 Å². The third-order valence-electron chi connectivity index (χ3n) is 21.5. The van der Waals surface area contributed by atoms with Gasteiger partial charge in [-0.2, -0.15) is 16.9 Å². The van der Waals surface area contributed by atoms with E-state index in [-0.39, 0.29) is 102 Å². The van der Waals surface area contributed by atoms with E-state index in [9.17, 15) is 43.2 Å². The number of carbonyl (C=O) groups is 13. The maximum atomic E-state index is 15.5. The van der Waals surface area contributed by atoms with Crippen molar-refractivity contribution >= 4 is 112 Å². The van der Waals surface area contributed by atoms with Gasteiger partial charge >= 0.3 is 0 Å². The van der Waals surface area contributed by atoms with Crippen molar-refractivity contribution in [2.45, 2.75) is 255 Å². The fourth-order valence-electron chi connectivity index (χ4n) is 14.7. The molecule has 2 saturated heterocycles. The van der Waals surface area contributed by atoms with Crippen LogP contribution in [0.5, 0.6) is 0 Å². The molecule has 35 heteroatoms. The molecular formula is C86H133N21O13S. The number of unbranched alkanes of at least 4 members (excludes halogenated alkanes) is 10. The molecule has 0 spiro atoms. The summed E-state index contributed by atoms with van der Waals surface area (Å²) in [6.45, 7) is 7.00. The number of primary amides is 1. The molecule has 0 saturated carbocycles. The smallest absolute Gasteiger partial charge is 0.264 e. The number of hydrogen-bond acceptors (Lipinski definition) is 19. The maximum absolute atomic E-state index is 15.5. The van der Waals surface area contributed by atoms with Gasteiger partial charge in [0.1, 0.15) is 67.1 Å². The van der Waals surface area contributed by atoms with Crippen LogP contribution >= 0.6 is 11.8 Å². The topological polar surface area (TPSA) is 531 Å². The van der Waals surface area contributed by atoms with Crippen molar-refractivity contribution in [3.8, 4) is 0 Å². The zero-order chi connectivity index (χ0) is 87.9. The molecule has 1 aromatic heterocycles. The van der Waals surface area contributed by atoms with Gasteiger partial charge in [-0.1, -0.05) is 151 Å². The van der Waals surface area contributed by atoms with E-state index in [0.29, 0.717) is 106 Å². The van der Waals surface area contributed by atoms with E-state index in [1.807, 2.05) is 30.5 Å². The molecule has 34 nitrogen and oxygen atoms in total. The van der Waals surface area contributed by atoms with Gasteiger partial charge in [0.15, 0.2) is 5.96 Å². The average molecular weight is 1700 g/mol. The van der Waals surface area contributed by atoms with E-state index in [0.717, 1.165) is 36.4 Å². The predicted molar refractivity (Wildman–Crippen MR) is 469 cm³/mol. The maximum Gasteiger partial charge on any atom is 0.264 e. The first-order valence-electron chi connectivity index (χ1n) is 43.0. The minimum atomic E-state index is -1.46. The van der Waals surface area contributed by atoms with Crippen molar-refractivity contribution in [2.24, 2.45) is 44.7 Å². The number of benzene rings is 3. The Bertz CT molecular complexity index is 4000. The summed E-state index contributed by atoms with van der Waals surface area (Å²) in [5.74, 6) is -7.95. The van der Waals surface area contributed by atoms with Gasteiger partial charge in [0, 0.05) is 82.1 Å². The highest BCUT2D eigenvalue weighted by atomic mass is 32.2. The highest BCUT2D eigenvalue weighted by Gasteiger charge is 2.42. The minimum absolute atomic E-state index is 0.00271. The zero-order valence-corrected chi connectivity index (χ0v) is 71.8. The molecule has 3 aromatic carbocycles. The lowest BCUT2D eigenvalue weighted by Crippen LogP contribution is -2.61. The molecule has 22 N–H and O–H groups in total. The van der Waals surface area contributed by atoms with Gasteiger partial charge in [-0.25, -0.2) is 0 Å². The monoisotopic (exact) mass is 1700 g/mol. The average Bonchev–Trinajstić information content (AvgIpc) is 1.78. The number of thioether (sulfide) groups is 1. The van der Waals surface area contributed by atoms with Crippen molar-refractivity contribution in [1.82, 2.24) is 73.4 Å². The van der Waals surface area contributed by atoms with Crippen LogP contribution in [0.1, 0.15) is 192 Å². The van der Waals surface area contributed by atoms with Crippen LogP contribution in [-0.2, 0) is 81.6 Å². The van der Waals surface area contributed by atoms with Gasteiger partial charge in [0.2, 0.25) is 70.9 Å². The number of aliphatic imine (C=N–C) groups is 1. The van der Waals surface area contributed by atoms with E-state index < -0.39 is 131 Å². The SMILES string of the molecule is CCCCCCCCCCCC(=O)NCCCNC(=O)/C=N/NCC(=O)NCCCC[C@H](NC(=O)[C@@H](NC(=O)[C@@H]1CCCN1C(=O)[C@H](CCCCN)NC(=O)[C@H](Cc1ccccc1)NC(=O)[C@@H](Cc1c[nH]c2ccccc12)NC(=O)[C@H](CCCN=C(N)N)NC(=O)[C@@H](Cc1ccccc1)NC(=O)[C@@H]1CCCN1C(=O)[C@@H](N)CCSC)C(C)C)C(N)=O. The molecule has 0 bridgehead atoms. The molecule has 6 rings (SSSR count). The van der Waals surface area contributed by atoms with Crippen LogP contribution in [0.25, 0.3) is 10.9 Å². The fraction of sp³-hybridized carbons (Fsp3) is 0.593. The van der Waals surface area contributed by atoms with Crippen LogP contribution in [0.2, 0.25) is 0 Å². The van der Waals surface area contributed by atoms with E-state index in [2.05, 4.69) is 80.6 Å². The Morgan fingerprint density at radius 2 is 1.04 bits per heavy atom. The number of nitrogens with one attached hydrogen (secondary N) is 12. The molecule has 2 aliphatic heterocycles. The molecule has 4 aromatic rings. The Balaban J connectivity index is 1.10. The summed E-state index contributed by atoms with van der Waals surface area (Å²) in [6.07, 6.45) is 19.5. The molecule has 10 atom stereocenters. The van der Waals surface area contributed by atoms with E-state index in [4.69, 9.17) is 28.7 Å². The number of rotatable bonds is 58. The van der Waals surface area contributed by atoms with E-state index >= 15 is 19.2 Å². The largest absolute Gasteiger partial charge is 0.370 e. The van der Waals surface area contributed by atoms with Crippen LogP contribution < -0.4 is 87.3 Å². The Morgan fingerprint density at radius 3 is 1.65 bits per heavy atom. The first-order chi connectivity index (χ1) is 58.3. The lowest BCUT2D eigenvalue weighted by atomic mass is 10.00. The standard InChI is InChI=1S/C86H133N21O13S/c1-5-6-7-8-9-10-11-12-19-41-72(108)92-46-29-47-94-74(110)56-98-97-55-73(109)93-44-25-23-36-64(76(89)111)99-83(118)75(57(2)3)105-82(117)71-40-28-49-107(71)85(120)66(37-22-24-43-87)101-79(114)67(51-58-30-15-13-16-31-58)102-80(115)69(53-60-54-96-63-35-21-20-34-61(60)63)103-77(112)65(38-26-45-95-86(90)91)100-78(113)68(52-59-32-17-14-18-33-59)104-81(116)70-39-27-48-106(70)84(119)62(88)42-50-121-4/h13-18,20-21,30-35,54,56-57,62,64-71,75,96-97H,5-12,19,22-29,36-53,55,87-88H2,1-4H3,(H2,89,111)(H,92,108)(H,93,109)(H,94,110)(H,99,118)(H,100,113)(H,101,114)(H,102,115)(H,103,112)(H,104,116)(H,105,117)(H4,90,91,95)/b98-56+/t62-,64-,65-,66-,67-,68+,69+,70-,71-,75-/m0/s1. The lowest BCUT2D eigenvalue weighted by Gasteiger charge is -2.32. The number of H-pyrrole nitrogens is 1. The van der Waals surface area contributed by atoms with E-state index in [1.54, 1.807) is 92.5 Å². The van der Waals surface area contributed by atoms with Crippen molar-refractivity contribution in [3.05, 3.63) is 108 Å². The van der Waals surface area contributed by atoms with Crippen LogP contribution in [-0.4, -0.2) is 229 Å². The van der Waals surface area contributed by atoms with Crippen LogP contribution in [0, 0.1) is 5.92 Å². The Kier molecular flexibility index (Phi) is 45.3. The van der Waals surface area contributed by atoms with Gasteiger partial charge in [0.05, 0.1) is 6.04 Å². The van der Waals surface area contributed by atoms with Gasteiger partial charge < -0.3 is 102 Å². The zero-order valence-electron chi connectivity index (χ0n) is 70.9. The number of hydrogen-bond donors (Lipinski definition) is 17. The molecule has 666 valence electrons. The first-order valence-corrected chi connectivity index (χ1v) is 44.4. The number of fused-ring (bicyclic) bond motifs is 1. The third-order valence-corrected chi connectivity index (χ3v) is 22.1. The fourth-order valence-corrected chi connectivity index (χ4v) is 15.2. The summed E-state index contributed by atoms with van der Waals surface area (Å²) in [5, 5.41) is 32.8. The van der Waals surface area contributed by atoms with Crippen molar-refractivity contribution < 1.29 is 62.3 Å². The second kappa shape index (κ2) is 55.3. The number of nitrogens with two attached hydrogens (primary N) is 5. The summed E-state index contributed by atoms with van der Waals surface area (Å²) in [4.78, 5) is 193. The summed E-state index contributed by atoms with van der Waals surface area (Å²) in [7, 11) is 0. The highest BCUT2D eigenvalue weighted by Crippen LogP contribution is 2.25. The highest BCUT2D eigenvalue weighted by molar-refractivity contribution is 7.98. The van der Waals surface area contributed by atoms with Gasteiger partial charge in [0.25, 0.3) is 5.91 Å². The van der Waals surface area contributed by atoms with Gasteiger partial charge in [-0.15, -0.1) is 0 Å². The normalized spacial score (nSPS) is 15.8. The Labute approximate surface area is 715 Å². The van der Waals surface area contributed by atoms with Gasteiger partial charge in [-0.05, 0) is 144 Å². The van der Waals surface area contributed by atoms with Crippen LogP contribution in [0.4, 0.5) is 0 Å². The number of para-hydroxylation sites is 1. The Morgan fingerprint density at radius 1 is 0.529 bits per heavy atom. The predicted octanol–water partition coefficient (Wildman–Crippen LogP) is 2.38. The van der Waals surface area contributed by atoms with Gasteiger partial charge in [-0.3, -0.25) is 67.3 Å². The molecular weight excluding hydrogens is 1570 g/mol. The molecule has 13 amide bonds. The molecule has 121 heavy (non-hydrogen) atoms. The Hall–Kier alpha value is -10.7. The summed E-state index contributed by atoms with van der Waals surface area (Å²) in [6, 6.07) is 13.0. The number of aromatic nitrogens is 1. The van der Waals surface area contributed by atoms with Crippen LogP contribution in [0.15, 0.2) is 101 Å². The third kappa shape index (κ3) is 35.9. The number of hydrazone groups is 1. The first kappa shape index (κ1) is 99.1. The molecule has 2 aliphatic rings. The summed E-state index contributed by atoms with van der Waals surface area (Å²) in [5.41, 5.74) is 34.7. The number of carbonyl (C=O) groups excluding carboxylic acids is 13. The molecule has 2 fully saturated rings. The molecule has 3 heterocycles. The number of amides is 13.